The first kappa shape index (κ1) is 13.2. The van der Waals surface area contributed by atoms with Gasteiger partial charge in [-0.1, -0.05) is 29.3 Å². The Morgan fingerprint density at radius 1 is 1.35 bits per heavy atom. The van der Waals surface area contributed by atoms with Crippen LogP contribution in [0.2, 0.25) is 10.0 Å². The zero-order valence-corrected chi connectivity index (χ0v) is 11.1. The van der Waals surface area contributed by atoms with Gasteiger partial charge < -0.3 is 10.8 Å². The standard InChI is InChI=1S/C13H17Cl2NO/c14-11-4-1-9(12(15)5-11)6-13(7-16,8-17)10-2-3-10/h1,4-5,10,17H,2-3,6-8,16H2. The summed E-state index contributed by atoms with van der Waals surface area (Å²) in [5.41, 5.74) is 6.66. The number of aliphatic hydroxyl groups excluding tert-OH is 1. The summed E-state index contributed by atoms with van der Waals surface area (Å²) in [5, 5.41) is 10.9. The Balaban J connectivity index is 2.22. The molecule has 0 heterocycles. The van der Waals surface area contributed by atoms with Crippen LogP contribution in [-0.2, 0) is 6.42 Å². The van der Waals surface area contributed by atoms with Gasteiger partial charge in [-0.2, -0.15) is 0 Å². The fourth-order valence-electron chi connectivity index (χ4n) is 2.37. The zero-order chi connectivity index (χ0) is 12.5. The van der Waals surface area contributed by atoms with Gasteiger partial charge in [0.2, 0.25) is 0 Å². The lowest BCUT2D eigenvalue weighted by Gasteiger charge is -2.31. The number of nitrogens with two attached hydrogens (primary N) is 1. The molecule has 4 heteroatoms. The van der Waals surface area contributed by atoms with Crippen LogP contribution in [0.5, 0.6) is 0 Å². The van der Waals surface area contributed by atoms with Crippen LogP contribution in [0.4, 0.5) is 0 Å². The van der Waals surface area contributed by atoms with Crippen LogP contribution in [-0.4, -0.2) is 18.3 Å². The molecule has 17 heavy (non-hydrogen) atoms. The van der Waals surface area contributed by atoms with Crippen molar-refractivity contribution in [3.05, 3.63) is 33.8 Å². The molecule has 94 valence electrons. The van der Waals surface area contributed by atoms with Crippen molar-refractivity contribution in [2.24, 2.45) is 17.1 Å². The highest BCUT2D eigenvalue weighted by atomic mass is 35.5. The molecule has 1 saturated carbocycles. The van der Waals surface area contributed by atoms with Gasteiger partial charge in [0.25, 0.3) is 0 Å². The van der Waals surface area contributed by atoms with Crippen LogP contribution in [0.1, 0.15) is 18.4 Å². The summed E-state index contributed by atoms with van der Waals surface area (Å²) >= 11 is 12.0. The topological polar surface area (TPSA) is 46.2 Å². The highest BCUT2D eigenvalue weighted by Gasteiger charge is 2.44. The van der Waals surface area contributed by atoms with E-state index in [2.05, 4.69) is 0 Å². The van der Waals surface area contributed by atoms with E-state index < -0.39 is 0 Å². The largest absolute Gasteiger partial charge is 0.396 e. The van der Waals surface area contributed by atoms with Crippen LogP contribution in [0, 0.1) is 11.3 Å². The van der Waals surface area contributed by atoms with Crippen molar-refractivity contribution in [1.82, 2.24) is 0 Å². The van der Waals surface area contributed by atoms with Crippen LogP contribution in [0.15, 0.2) is 18.2 Å². The number of benzene rings is 1. The van der Waals surface area contributed by atoms with E-state index in [1.807, 2.05) is 12.1 Å². The van der Waals surface area contributed by atoms with E-state index in [4.69, 9.17) is 28.9 Å². The van der Waals surface area contributed by atoms with Gasteiger partial charge >= 0.3 is 0 Å². The molecule has 1 fully saturated rings. The molecule has 1 aromatic carbocycles. The molecule has 0 amide bonds. The molecular weight excluding hydrogens is 257 g/mol. The molecule has 2 rings (SSSR count). The van der Waals surface area contributed by atoms with E-state index in [1.54, 1.807) is 6.07 Å². The SMILES string of the molecule is NCC(CO)(Cc1ccc(Cl)cc1Cl)C1CC1. The Morgan fingerprint density at radius 3 is 2.53 bits per heavy atom. The molecule has 1 aliphatic rings. The highest BCUT2D eigenvalue weighted by Crippen LogP contribution is 2.47. The lowest BCUT2D eigenvalue weighted by molar-refractivity contribution is 0.109. The smallest absolute Gasteiger partial charge is 0.0505 e. The number of hydrogen-bond donors (Lipinski definition) is 2. The van der Waals surface area contributed by atoms with E-state index in [9.17, 15) is 5.11 Å². The molecule has 0 saturated heterocycles. The molecule has 1 atom stereocenters. The summed E-state index contributed by atoms with van der Waals surface area (Å²) in [6.07, 6.45) is 3.03. The lowest BCUT2D eigenvalue weighted by atomic mass is 9.78. The highest BCUT2D eigenvalue weighted by molar-refractivity contribution is 6.35. The van der Waals surface area contributed by atoms with Crippen LogP contribution in [0.3, 0.4) is 0 Å². The molecule has 2 nitrogen and oxygen atoms in total. The lowest BCUT2D eigenvalue weighted by Crippen LogP contribution is -2.38. The average Bonchev–Trinajstić information content (AvgIpc) is 3.13. The normalized spacial score (nSPS) is 19.1. The van der Waals surface area contributed by atoms with Crippen molar-refractivity contribution in [3.63, 3.8) is 0 Å². The minimum atomic E-state index is -0.211. The maximum Gasteiger partial charge on any atom is 0.0505 e. The van der Waals surface area contributed by atoms with E-state index in [0.29, 0.717) is 22.5 Å². The predicted octanol–water partition coefficient (Wildman–Crippen LogP) is 2.88. The third kappa shape index (κ3) is 2.76. The van der Waals surface area contributed by atoms with Crippen LogP contribution >= 0.6 is 23.2 Å². The summed E-state index contributed by atoms with van der Waals surface area (Å²) in [7, 11) is 0. The number of aliphatic hydroxyl groups is 1. The third-order valence-corrected chi connectivity index (χ3v) is 4.31. The van der Waals surface area contributed by atoms with Crippen molar-refractivity contribution < 1.29 is 5.11 Å². The van der Waals surface area contributed by atoms with E-state index >= 15 is 0 Å². The average molecular weight is 274 g/mol. The molecule has 1 aliphatic carbocycles. The first-order valence-electron chi connectivity index (χ1n) is 5.86. The fraction of sp³-hybridized carbons (Fsp3) is 0.538. The third-order valence-electron chi connectivity index (χ3n) is 3.72. The first-order valence-corrected chi connectivity index (χ1v) is 6.62. The Labute approximate surface area is 112 Å². The van der Waals surface area contributed by atoms with Crippen molar-refractivity contribution in [2.75, 3.05) is 13.2 Å². The monoisotopic (exact) mass is 273 g/mol. The maximum atomic E-state index is 9.64. The Kier molecular flexibility index (Phi) is 3.99. The summed E-state index contributed by atoms with van der Waals surface area (Å²) in [6.45, 7) is 0.611. The fourth-order valence-corrected chi connectivity index (χ4v) is 2.85. The maximum absolute atomic E-state index is 9.64. The van der Waals surface area contributed by atoms with Crippen LogP contribution in [0.25, 0.3) is 0 Å². The van der Waals surface area contributed by atoms with Gasteiger partial charge in [-0.05, 0) is 42.9 Å². The van der Waals surface area contributed by atoms with Crippen LogP contribution < -0.4 is 5.73 Å². The second kappa shape index (κ2) is 5.15. The molecule has 0 aliphatic heterocycles. The van der Waals surface area contributed by atoms with E-state index in [-0.39, 0.29) is 12.0 Å². The summed E-state index contributed by atoms with van der Waals surface area (Å²) in [6, 6.07) is 5.49. The van der Waals surface area contributed by atoms with Gasteiger partial charge in [0.05, 0.1) is 6.61 Å². The molecule has 0 bridgehead atoms. The molecule has 1 unspecified atom stereocenters. The molecule has 0 spiro atoms. The minimum Gasteiger partial charge on any atom is -0.396 e. The first-order chi connectivity index (χ1) is 8.11. The summed E-state index contributed by atoms with van der Waals surface area (Å²) < 4.78 is 0. The Morgan fingerprint density at radius 2 is 2.06 bits per heavy atom. The van der Waals surface area contributed by atoms with Gasteiger partial charge in [-0.25, -0.2) is 0 Å². The Bertz CT molecular complexity index is 400. The second-order valence-corrected chi connectivity index (χ2v) is 5.76. The van der Waals surface area contributed by atoms with Gasteiger partial charge in [0.15, 0.2) is 0 Å². The molecule has 0 radical (unpaired) electrons. The second-order valence-electron chi connectivity index (χ2n) is 4.91. The number of rotatable bonds is 5. The summed E-state index contributed by atoms with van der Waals surface area (Å²) in [4.78, 5) is 0. The molecular formula is C13H17Cl2NO. The number of halogens is 2. The van der Waals surface area contributed by atoms with Gasteiger partial charge in [0, 0.05) is 22.0 Å². The summed E-state index contributed by atoms with van der Waals surface area (Å²) in [5.74, 6) is 0.532. The van der Waals surface area contributed by atoms with Crippen molar-refractivity contribution in [1.29, 1.82) is 0 Å². The molecule has 3 N–H and O–H groups in total. The molecule has 0 aromatic heterocycles. The number of hydrogen-bond acceptors (Lipinski definition) is 2. The quantitative estimate of drug-likeness (QED) is 0.867. The van der Waals surface area contributed by atoms with Crippen molar-refractivity contribution in [2.45, 2.75) is 19.3 Å². The zero-order valence-electron chi connectivity index (χ0n) is 9.63. The van der Waals surface area contributed by atoms with E-state index in [1.165, 1.54) is 0 Å². The Hall–Kier alpha value is -0.280. The van der Waals surface area contributed by atoms with Crippen molar-refractivity contribution in [3.8, 4) is 0 Å². The van der Waals surface area contributed by atoms with Gasteiger partial charge in [-0.3, -0.25) is 0 Å². The van der Waals surface area contributed by atoms with Crippen molar-refractivity contribution >= 4 is 23.2 Å². The minimum absolute atomic E-state index is 0.118. The van der Waals surface area contributed by atoms with Gasteiger partial charge in [0.1, 0.15) is 0 Å². The van der Waals surface area contributed by atoms with Gasteiger partial charge in [-0.15, -0.1) is 0 Å². The molecule has 1 aromatic rings. The van der Waals surface area contributed by atoms with E-state index in [0.717, 1.165) is 24.8 Å². The predicted molar refractivity (Wildman–Crippen MR) is 71.5 cm³/mol.